The first kappa shape index (κ1) is 64.0. The summed E-state index contributed by atoms with van der Waals surface area (Å²) in [5.41, 5.74) is 0.134. The van der Waals surface area contributed by atoms with Gasteiger partial charge in [-0.1, -0.05) is 120 Å². The van der Waals surface area contributed by atoms with Crippen molar-refractivity contribution in [3.8, 4) is 29.1 Å². The van der Waals surface area contributed by atoms with Gasteiger partial charge in [0.05, 0.1) is 62.9 Å². The number of nitriles is 1. The standard InChI is InChI=1S/C63H58Cl2N8O16P2/c1-40-35-72(62(76)71-60(40)74)55-33-52(88-90(77,82-32-14-31-66)86-49-21-12-10-19-47(49)64)54(85-55)37-83-91(78,87-50-22-13-11-20-48(50)65)89-51-34-56(73-39-69-57-58(67-38-68-59(57)73)70-61(75)41-15-6-4-7-16-41)84-53(51)36-81-63(42-17-8-5-9-18-42,43-23-27-45(79-2)28-24-43)44-25-29-46(80-3)30-26-44/h4-13,15-30,35,38-39,51-56H,14,32-34,36-37H2,1-3H3,(H,71,74,76)(H,67,68,70,75)/t51-,52-,53+,54+,55+,56+,90?,91?/m0/s1. The van der Waals surface area contributed by atoms with Crippen molar-refractivity contribution in [3.05, 3.63) is 235 Å². The van der Waals surface area contributed by atoms with E-state index < -0.39 is 88.5 Å². The molecule has 2 aliphatic rings. The third kappa shape index (κ3) is 14.5. The second-order valence-electron chi connectivity index (χ2n) is 20.7. The van der Waals surface area contributed by atoms with Crippen molar-refractivity contribution in [1.82, 2.24) is 29.1 Å². The number of hydrogen-bond donors (Lipinski definition) is 2. The average molecular weight is 1320 g/mol. The molecular weight excluding hydrogens is 1260 g/mol. The largest absolute Gasteiger partial charge is 0.530 e. The van der Waals surface area contributed by atoms with Crippen molar-refractivity contribution < 1.29 is 64.8 Å². The Kier molecular flexibility index (Phi) is 19.9. The molecule has 9 aromatic rings. The number of para-hydroxylation sites is 2. The van der Waals surface area contributed by atoms with Crippen molar-refractivity contribution in [2.45, 2.75) is 68.7 Å². The van der Waals surface area contributed by atoms with E-state index in [1.807, 2.05) is 84.9 Å². The number of hydrogen-bond acceptors (Lipinski definition) is 20. The van der Waals surface area contributed by atoms with Crippen LogP contribution in [0.25, 0.3) is 11.2 Å². The van der Waals surface area contributed by atoms with Gasteiger partial charge in [-0.25, -0.2) is 28.9 Å². The molecule has 0 radical (unpaired) electrons. The van der Waals surface area contributed by atoms with Crippen molar-refractivity contribution >= 4 is 61.7 Å². The fourth-order valence-electron chi connectivity index (χ4n) is 10.4. The van der Waals surface area contributed by atoms with Crippen molar-refractivity contribution in [2.24, 2.45) is 0 Å². The van der Waals surface area contributed by atoms with E-state index in [1.165, 1.54) is 50.0 Å². The lowest BCUT2D eigenvalue weighted by atomic mass is 9.80. The molecule has 0 bridgehead atoms. The SMILES string of the molecule is COc1ccc(C(OC[C@H]2O[C@@H](n3cnc4c(NC(=O)c5ccccc5)ncnc43)C[C@@H]2OP(=O)(OC[C@H]2O[C@@H](n3cc(C)c(=O)[nH]c3=O)C[C@@H]2OP(=O)(OCCC#N)Oc2ccccc2Cl)Oc2ccccc2Cl)(c2ccccc2)c2ccc(OC)cc2)cc1. The van der Waals surface area contributed by atoms with Crippen LogP contribution in [-0.2, 0) is 47.0 Å². The van der Waals surface area contributed by atoms with Gasteiger partial charge in [0.1, 0.15) is 71.8 Å². The number of anilines is 1. The Bertz CT molecular complexity index is 4250. The quantitative estimate of drug-likeness (QED) is 0.0289. The van der Waals surface area contributed by atoms with Crippen LogP contribution in [0.4, 0.5) is 5.82 Å². The van der Waals surface area contributed by atoms with Gasteiger partial charge in [0.15, 0.2) is 17.0 Å². The van der Waals surface area contributed by atoms with Crippen LogP contribution in [0.3, 0.4) is 0 Å². The summed E-state index contributed by atoms with van der Waals surface area (Å²) in [6, 6.07) is 47.0. The topological polar surface area (TPSA) is 287 Å². The molecule has 91 heavy (non-hydrogen) atoms. The molecule has 6 aromatic carbocycles. The summed E-state index contributed by atoms with van der Waals surface area (Å²) in [6.45, 7) is 0.00675. The zero-order valence-electron chi connectivity index (χ0n) is 48.8. The van der Waals surface area contributed by atoms with E-state index >= 15 is 4.57 Å². The number of imidazole rings is 1. The number of fused-ring (bicyclic) bond motifs is 1. The maximum atomic E-state index is 16.1. The Hall–Kier alpha value is -8.53. The number of ether oxygens (including phenoxy) is 5. The highest BCUT2D eigenvalue weighted by Crippen LogP contribution is 2.57. The second-order valence-corrected chi connectivity index (χ2v) is 24.6. The average Bonchev–Trinajstić information content (AvgIpc) is 1.64. The number of phosphoric ester groups is 2. The predicted molar refractivity (Wildman–Crippen MR) is 332 cm³/mol. The molecule has 1 amide bonds. The van der Waals surface area contributed by atoms with Crippen LogP contribution < -0.4 is 35.1 Å². The minimum absolute atomic E-state index is 0.0140. The van der Waals surface area contributed by atoms with Crippen LogP contribution in [0.5, 0.6) is 23.0 Å². The number of nitrogens with zero attached hydrogens (tertiary/aromatic N) is 6. The molecule has 24 nitrogen and oxygen atoms in total. The third-order valence-corrected chi connectivity index (χ3v) is 18.4. The smallest absolute Gasteiger partial charge is 0.497 e. The summed E-state index contributed by atoms with van der Waals surface area (Å²) in [6.07, 6.45) is -4.22. The minimum atomic E-state index is -5.13. The van der Waals surface area contributed by atoms with Gasteiger partial charge < -0.3 is 38.0 Å². The van der Waals surface area contributed by atoms with Crippen LogP contribution in [0.1, 0.15) is 64.3 Å². The van der Waals surface area contributed by atoms with Crippen molar-refractivity contribution in [3.63, 3.8) is 0 Å². The number of carbonyl (C=O) groups excluding carboxylic acids is 1. The number of benzene rings is 6. The van der Waals surface area contributed by atoms with Gasteiger partial charge in [0.2, 0.25) is 0 Å². The Morgan fingerprint density at radius 1 is 0.692 bits per heavy atom. The molecule has 2 N–H and O–H groups in total. The maximum Gasteiger partial charge on any atom is 0.530 e. The van der Waals surface area contributed by atoms with Gasteiger partial charge >= 0.3 is 21.3 Å². The summed E-state index contributed by atoms with van der Waals surface area (Å²) >= 11 is 13.2. The predicted octanol–water partition coefficient (Wildman–Crippen LogP) is 11.9. The number of carbonyl (C=O) groups is 1. The first-order chi connectivity index (χ1) is 44.1. The molecule has 470 valence electrons. The Morgan fingerprint density at radius 3 is 1.79 bits per heavy atom. The Labute approximate surface area is 530 Å². The molecule has 3 aromatic heterocycles. The summed E-state index contributed by atoms with van der Waals surface area (Å²) in [5.74, 6) is 0.622. The number of H-pyrrole nitrogens is 1. The maximum absolute atomic E-state index is 16.1. The highest BCUT2D eigenvalue weighted by Gasteiger charge is 2.50. The zero-order valence-corrected chi connectivity index (χ0v) is 52.1. The summed E-state index contributed by atoms with van der Waals surface area (Å²) in [4.78, 5) is 55.3. The van der Waals surface area contributed by atoms with E-state index in [-0.39, 0.29) is 70.0 Å². The van der Waals surface area contributed by atoms with Crippen LogP contribution in [0.2, 0.25) is 10.0 Å². The van der Waals surface area contributed by atoms with Crippen LogP contribution in [0, 0.1) is 18.3 Å². The number of nitrogens with one attached hydrogen (secondary N) is 2. The summed E-state index contributed by atoms with van der Waals surface area (Å²) in [5, 5.41) is 12.3. The van der Waals surface area contributed by atoms with E-state index in [1.54, 1.807) is 73.4 Å². The van der Waals surface area contributed by atoms with Gasteiger partial charge in [0.25, 0.3) is 11.5 Å². The molecule has 8 atom stereocenters. The molecule has 2 saturated heterocycles. The van der Waals surface area contributed by atoms with Gasteiger partial charge in [-0.3, -0.25) is 41.8 Å². The molecule has 0 aliphatic carbocycles. The van der Waals surface area contributed by atoms with Gasteiger partial charge in [-0.2, -0.15) is 5.26 Å². The number of amides is 1. The lowest BCUT2D eigenvalue weighted by Gasteiger charge is -2.37. The van der Waals surface area contributed by atoms with Crippen molar-refractivity contribution in [2.75, 3.05) is 39.4 Å². The number of phosphoric acid groups is 2. The fraction of sp³-hybridized carbons (Fsp3) is 0.254. The monoisotopic (exact) mass is 1310 g/mol. The number of aromatic nitrogens is 6. The van der Waals surface area contributed by atoms with Crippen LogP contribution in [0.15, 0.2) is 186 Å². The van der Waals surface area contributed by atoms with E-state index in [0.717, 1.165) is 4.57 Å². The van der Waals surface area contributed by atoms with E-state index in [4.69, 9.17) is 74.0 Å². The lowest BCUT2D eigenvalue weighted by Crippen LogP contribution is -2.38. The van der Waals surface area contributed by atoms with Crippen molar-refractivity contribution in [1.29, 1.82) is 5.26 Å². The molecule has 5 heterocycles. The van der Waals surface area contributed by atoms with Gasteiger partial charge in [-0.15, -0.1) is 0 Å². The first-order valence-electron chi connectivity index (χ1n) is 28.3. The zero-order chi connectivity index (χ0) is 63.7. The van der Waals surface area contributed by atoms with E-state index in [2.05, 4.69) is 25.3 Å². The highest BCUT2D eigenvalue weighted by molar-refractivity contribution is 7.49. The van der Waals surface area contributed by atoms with Gasteiger partial charge in [-0.05, 0) is 84.3 Å². The molecular formula is C63H58Cl2N8O16P2. The third-order valence-electron chi connectivity index (χ3n) is 14.9. The van der Waals surface area contributed by atoms with Crippen LogP contribution >= 0.6 is 38.8 Å². The molecule has 2 unspecified atom stereocenters. The molecule has 2 aliphatic heterocycles. The van der Waals surface area contributed by atoms with Crippen LogP contribution in [-0.4, -0.2) is 93.4 Å². The molecule has 0 saturated carbocycles. The normalized spacial score (nSPS) is 19.4. The highest BCUT2D eigenvalue weighted by atomic mass is 35.5. The number of halogens is 2. The number of aromatic amines is 1. The summed E-state index contributed by atoms with van der Waals surface area (Å²) < 4.78 is 103. The number of methoxy groups -OCH3 is 2. The van der Waals surface area contributed by atoms with Gasteiger partial charge in [0, 0.05) is 30.2 Å². The van der Waals surface area contributed by atoms with E-state index in [0.29, 0.717) is 33.8 Å². The number of aryl methyl sites for hydroxylation is 1. The first-order valence-corrected chi connectivity index (χ1v) is 32.0. The Morgan fingerprint density at radius 2 is 1.22 bits per heavy atom. The molecule has 28 heteroatoms. The second kappa shape index (κ2) is 28.3. The lowest BCUT2D eigenvalue weighted by molar-refractivity contribution is -0.0936. The molecule has 0 spiro atoms. The van der Waals surface area contributed by atoms with E-state index in [9.17, 15) is 24.2 Å². The summed E-state index contributed by atoms with van der Waals surface area (Å²) in [7, 11) is -6.80. The Balaban J connectivity index is 0.983. The minimum Gasteiger partial charge on any atom is -0.497 e. The fourth-order valence-corrected chi connectivity index (χ4v) is 13.7. The molecule has 2 fully saturated rings. The molecule has 11 rings (SSSR count). The number of rotatable bonds is 26.